The number of hydrogen-bond donors (Lipinski definition) is 1. The van der Waals surface area contributed by atoms with Gasteiger partial charge in [-0.3, -0.25) is 0 Å². The molecule has 3 heteroatoms. The second-order valence-electron chi connectivity index (χ2n) is 5.00. The van der Waals surface area contributed by atoms with E-state index in [0.29, 0.717) is 17.2 Å². The van der Waals surface area contributed by atoms with Crippen molar-refractivity contribution in [2.24, 2.45) is 5.92 Å². The van der Waals surface area contributed by atoms with Crippen LogP contribution in [-0.4, -0.2) is 12.6 Å². The minimum absolute atomic E-state index is 0.0504. The summed E-state index contributed by atoms with van der Waals surface area (Å²) >= 11 is 0. The molecule has 0 saturated carbocycles. The highest BCUT2D eigenvalue weighted by atomic mass is 19.1. The van der Waals surface area contributed by atoms with Crippen LogP contribution in [0.15, 0.2) is 18.2 Å². The number of nitrogens with one attached hydrogen (secondary N) is 1. The molecule has 0 aromatic heterocycles. The lowest BCUT2D eigenvalue weighted by Crippen LogP contribution is -2.23. The Kier molecular flexibility index (Phi) is 5.60. The van der Waals surface area contributed by atoms with E-state index in [0.717, 1.165) is 6.54 Å². The lowest BCUT2D eigenvalue weighted by molar-refractivity contribution is 0.167. The zero-order valence-electron chi connectivity index (χ0n) is 12.0. The van der Waals surface area contributed by atoms with Crippen LogP contribution in [0.5, 0.6) is 5.75 Å². The Morgan fingerprint density at radius 3 is 2.44 bits per heavy atom. The van der Waals surface area contributed by atoms with Gasteiger partial charge >= 0.3 is 0 Å². The summed E-state index contributed by atoms with van der Waals surface area (Å²) in [5.41, 5.74) is 0.617. The molecule has 0 radical (unpaired) electrons. The van der Waals surface area contributed by atoms with E-state index in [-0.39, 0.29) is 18.0 Å². The largest absolute Gasteiger partial charge is 0.490 e. The lowest BCUT2D eigenvalue weighted by Gasteiger charge is -2.23. The maximum atomic E-state index is 14.0. The van der Waals surface area contributed by atoms with Crippen molar-refractivity contribution in [2.45, 2.75) is 46.8 Å². The average molecular weight is 253 g/mol. The summed E-state index contributed by atoms with van der Waals surface area (Å²) in [6.07, 6.45) is 0.0689. The molecular weight excluding hydrogens is 229 g/mol. The van der Waals surface area contributed by atoms with Crippen LogP contribution in [0, 0.1) is 11.7 Å². The van der Waals surface area contributed by atoms with E-state index in [1.165, 1.54) is 6.07 Å². The summed E-state index contributed by atoms with van der Waals surface area (Å²) in [6.45, 7) is 11.0. The zero-order chi connectivity index (χ0) is 13.7. The highest BCUT2D eigenvalue weighted by Gasteiger charge is 2.18. The fourth-order valence-electron chi connectivity index (χ4n) is 1.78. The second-order valence-corrected chi connectivity index (χ2v) is 5.00. The van der Waals surface area contributed by atoms with Crippen LogP contribution < -0.4 is 10.1 Å². The number of benzene rings is 1. The zero-order valence-corrected chi connectivity index (χ0v) is 12.0. The molecule has 0 heterocycles. The highest BCUT2D eigenvalue weighted by molar-refractivity contribution is 5.37. The van der Waals surface area contributed by atoms with Gasteiger partial charge in [0.1, 0.15) is 11.6 Å². The van der Waals surface area contributed by atoms with Crippen molar-refractivity contribution in [1.29, 1.82) is 0 Å². The van der Waals surface area contributed by atoms with Gasteiger partial charge in [0, 0.05) is 11.6 Å². The van der Waals surface area contributed by atoms with Crippen LogP contribution in [0.3, 0.4) is 0 Å². The van der Waals surface area contributed by atoms with Crippen LogP contribution in [0.1, 0.15) is 46.2 Å². The number of ether oxygens (including phenoxy) is 1. The predicted octanol–water partition coefficient (Wildman–Crippen LogP) is 3.92. The van der Waals surface area contributed by atoms with Gasteiger partial charge in [0.25, 0.3) is 0 Å². The molecule has 1 aromatic carbocycles. The number of halogens is 1. The molecule has 0 saturated heterocycles. The normalized spacial score (nSPS) is 14.6. The molecule has 2 atom stereocenters. The molecule has 0 aliphatic rings. The predicted molar refractivity (Wildman–Crippen MR) is 73.4 cm³/mol. The first-order chi connectivity index (χ1) is 8.47. The Balaban J connectivity index is 3.00. The third kappa shape index (κ3) is 3.70. The van der Waals surface area contributed by atoms with Gasteiger partial charge in [0.2, 0.25) is 0 Å². The molecule has 1 N–H and O–H groups in total. The first kappa shape index (κ1) is 15.0. The van der Waals surface area contributed by atoms with Crippen LogP contribution >= 0.6 is 0 Å². The van der Waals surface area contributed by atoms with Gasteiger partial charge in [-0.15, -0.1) is 0 Å². The lowest BCUT2D eigenvalue weighted by atomic mass is 10.1. The molecule has 0 amide bonds. The van der Waals surface area contributed by atoms with Gasteiger partial charge in [-0.25, -0.2) is 4.39 Å². The van der Waals surface area contributed by atoms with Gasteiger partial charge < -0.3 is 10.1 Å². The average Bonchev–Trinajstić information content (AvgIpc) is 2.29. The van der Waals surface area contributed by atoms with E-state index in [4.69, 9.17) is 4.74 Å². The molecule has 1 rings (SSSR count). The summed E-state index contributed by atoms with van der Waals surface area (Å²) < 4.78 is 19.8. The molecule has 18 heavy (non-hydrogen) atoms. The molecule has 0 fully saturated rings. The van der Waals surface area contributed by atoms with Gasteiger partial charge in [-0.2, -0.15) is 0 Å². The quantitative estimate of drug-likeness (QED) is 0.829. The summed E-state index contributed by atoms with van der Waals surface area (Å²) in [5.74, 6) is 0.831. The van der Waals surface area contributed by atoms with Crippen molar-refractivity contribution < 1.29 is 9.13 Å². The van der Waals surface area contributed by atoms with Crippen molar-refractivity contribution in [1.82, 2.24) is 5.32 Å². The second kappa shape index (κ2) is 6.74. The topological polar surface area (TPSA) is 21.3 Å². The molecule has 102 valence electrons. The molecule has 0 aliphatic heterocycles. The van der Waals surface area contributed by atoms with Crippen molar-refractivity contribution in [3.63, 3.8) is 0 Å². The summed E-state index contributed by atoms with van der Waals surface area (Å²) in [4.78, 5) is 0. The van der Waals surface area contributed by atoms with Crippen LogP contribution in [0.4, 0.5) is 4.39 Å². The first-order valence-corrected chi connectivity index (χ1v) is 6.65. The van der Waals surface area contributed by atoms with Crippen molar-refractivity contribution >= 4 is 0 Å². The van der Waals surface area contributed by atoms with E-state index in [9.17, 15) is 4.39 Å². The Hall–Kier alpha value is -1.09. The monoisotopic (exact) mass is 253 g/mol. The SMILES string of the molecule is CCNC(C)c1c(F)cccc1OC(C)C(C)C. The van der Waals surface area contributed by atoms with E-state index < -0.39 is 0 Å². The molecule has 0 bridgehead atoms. The van der Waals surface area contributed by atoms with E-state index in [1.807, 2.05) is 26.8 Å². The molecule has 2 nitrogen and oxygen atoms in total. The summed E-state index contributed by atoms with van der Waals surface area (Å²) in [7, 11) is 0. The van der Waals surface area contributed by atoms with E-state index >= 15 is 0 Å². The fourth-order valence-corrected chi connectivity index (χ4v) is 1.78. The van der Waals surface area contributed by atoms with Gasteiger partial charge in [-0.1, -0.05) is 26.8 Å². The standard InChI is InChI=1S/C15H24FNO/c1-6-17-11(4)15-13(16)8-7-9-14(15)18-12(5)10(2)3/h7-12,17H,6H2,1-5H3. The van der Waals surface area contributed by atoms with Crippen LogP contribution in [0.25, 0.3) is 0 Å². The first-order valence-electron chi connectivity index (χ1n) is 6.65. The van der Waals surface area contributed by atoms with Crippen LogP contribution in [0.2, 0.25) is 0 Å². The highest BCUT2D eigenvalue weighted by Crippen LogP contribution is 2.29. The van der Waals surface area contributed by atoms with Crippen molar-refractivity contribution in [2.75, 3.05) is 6.54 Å². The van der Waals surface area contributed by atoms with E-state index in [1.54, 1.807) is 6.07 Å². The van der Waals surface area contributed by atoms with Crippen molar-refractivity contribution in [3.05, 3.63) is 29.6 Å². The molecule has 0 spiro atoms. The third-order valence-corrected chi connectivity index (χ3v) is 3.21. The Morgan fingerprint density at radius 2 is 1.89 bits per heavy atom. The Morgan fingerprint density at radius 1 is 1.22 bits per heavy atom. The molecular formula is C15H24FNO. The number of hydrogen-bond acceptors (Lipinski definition) is 2. The third-order valence-electron chi connectivity index (χ3n) is 3.21. The Labute approximate surface area is 110 Å². The van der Waals surface area contributed by atoms with Gasteiger partial charge in [0.05, 0.1) is 6.10 Å². The minimum Gasteiger partial charge on any atom is -0.490 e. The maximum absolute atomic E-state index is 14.0. The minimum atomic E-state index is -0.211. The van der Waals surface area contributed by atoms with Crippen molar-refractivity contribution in [3.8, 4) is 5.75 Å². The number of rotatable bonds is 6. The smallest absolute Gasteiger partial charge is 0.131 e. The van der Waals surface area contributed by atoms with Crippen LogP contribution in [-0.2, 0) is 0 Å². The molecule has 0 aliphatic carbocycles. The van der Waals surface area contributed by atoms with Gasteiger partial charge in [0.15, 0.2) is 0 Å². The molecule has 2 unspecified atom stereocenters. The summed E-state index contributed by atoms with van der Waals surface area (Å²) in [6, 6.07) is 4.96. The van der Waals surface area contributed by atoms with Gasteiger partial charge in [-0.05, 0) is 38.4 Å². The summed E-state index contributed by atoms with van der Waals surface area (Å²) in [5, 5.41) is 3.23. The Bertz CT molecular complexity index is 379. The molecule has 1 aromatic rings. The fraction of sp³-hybridized carbons (Fsp3) is 0.600. The van der Waals surface area contributed by atoms with E-state index in [2.05, 4.69) is 19.2 Å². The maximum Gasteiger partial charge on any atom is 0.131 e.